The Bertz CT molecular complexity index is 547. The Kier molecular flexibility index (Phi) is 7.15. The molecule has 0 aliphatic rings. The van der Waals surface area contributed by atoms with Crippen LogP contribution in [0.25, 0.3) is 0 Å². The summed E-state index contributed by atoms with van der Waals surface area (Å²) in [4.78, 5) is -0.363. The van der Waals surface area contributed by atoms with Crippen molar-refractivity contribution in [3.63, 3.8) is 0 Å². The quantitative estimate of drug-likeness (QED) is 0.542. The molecule has 0 bridgehead atoms. The summed E-state index contributed by atoms with van der Waals surface area (Å²) in [6, 6.07) is 3.74. The van der Waals surface area contributed by atoms with Gasteiger partial charge >= 0.3 is 6.18 Å². The maximum absolute atomic E-state index is 12.6. The van der Waals surface area contributed by atoms with E-state index in [9.17, 15) is 21.6 Å². The molecule has 0 amide bonds. The Balaban J connectivity index is 2.62. The van der Waals surface area contributed by atoms with E-state index in [-0.39, 0.29) is 11.4 Å². The summed E-state index contributed by atoms with van der Waals surface area (Å²) >= 11 is 3.30. The van der Waals surface area contributed by atoms with Crippen molar-refractivity contribution >= 4 is 26.0 Å². The van der Waals surface area contributed by atoms with Crippen LogP contribution in [0.5, 0.6) is 0 Å². The highest BCUT2D eigenvalue weighted by Crippen LogP contribution is 2.30. The molecule has 0 unspecified atom stereocenters. The molecule has 21 heavy (non-hydrogen) atoms. The van der Waals surface area contributed by atoms with Gasteiger partial charge in [-0.1, -0.05) is 34.8 Å². The van der Waals surface area contributed by atoms with Gasteiger partial charge in [-0.3, -0.25) is 0 Å². The van der Waals surface area contributed by atoms with Crippen LogP contribution in [-0.2, 0) is 16.2 Å². The lowest BCUT2D eigenvalue weighted by atomic mass is 10.2. The van der Waals surface area contributed by atoms with Crippen molar-refractivity contribution in [3.8, 4) is 0 Å². The minimum atomic E-state index is -4.55. The van der Waals surface area contributed by atoms with Crippen molar-refractivity contribution < 1.29 is 21.6 Å². The van der Waals surface area contributed by atoms with Gasteiger partial charge in [-0.2, -0.15) is 13.2 Å². The van der Waals surface area contributed by atoms with Crippen LogP contribution in [0.4, 0.5) is 13.2 Å². The van der Waals surface area contributed by atoms with Gasteiger partial charge in [0.05, 0.1) is 10.5 Å². The summed E-state index contributed by atoms with van der Waals surface area (Å²) < 4.78 is 63.8. The lowest BCUT2D eigenvalue weighted by molar-refractivity contribution is -0.137. The molecule has 1 aromatic carbocycles. The topological polar surface area (TPSA) is 46.2 Å². The highest BCUT2D eigenvalue weighted by molar-refractivity contribution is 9.09. The van der Waals surface area contributed by atoms with Crippen molar-refractivity contribution in [2.75, 3.05) is 11.9 Å². The van der Waals surface area contributed by atoms with Crippen molar-refractivity contribution in [1.82, 2.24) is 4.72 Å². The number of sulfonamides is 1. The lowest BCUT2D eigenvalue weighted by Crippen LogP contribution is -2.25. The van der Waals surface area contributed by atoms with Gasteiger partial charge in [-0.25, -0.2) is 13.1 Å². The highest BCUT2D eigenvalue weighted by Gasteiger charge is 2.31. The van der Waals surface area contributed by atoms with Gasteiger partial charge in [0.25, 0.3) is 0 Å². The fourth-order valence-electron chi connectivity index (χ4n) is 1.70. The van der Waals surface area contributed by atoms with Gasteiger partial charge in [0.15, 0.2) is 0 Å². The summed E-state index contributed by atoms with van der Waals surface area (Å²) in [5, 5.41) is 0.906. The normalized spacial score (nSPS) is 12.6. The van der Waals surface area contributed by atoms with E-state index in [1.54, 1.807) is 0 Å². The third-order valence-corrected chi connectivity index (χ3v) is 4.84. The first-order valence-corrected chi connectivity index (χ1v) is 9.11. The summed E-state index contributed by atoms with van der Waals surface area (Å²) in [5.41, 5.74) is -0.970. The van der Waals surface area contributed by atoms with E-state index in [1.165, 1.54) is 0 Å². The van der Waals surface area contributed by atoms with Gasteiger partial charge in [0.2, 0.25) is 10.0 Å². The van der Waals surface area contributed by atoms with E-state index in [0.717, 1.165) is 42.8 Å². The Morgan fingerprint density at radius 3 is 2.38 bits per heavy atom. The Hall–Kier alpha value is -0.600. The second-order valence-corrected chi connectivity index (χ2v) is 7.09. The fraction of sp³-hybridized carbons (Fsp3) is 0.538. The molecule has 1 N–H and O–H groups in total. The highest BCUT2D eigenvalue weighted by atomic mass is 79.9. The van der Waals surface area contributed by atoms with E-state index in [1.807, 2.05) is 0 Å². The number of alkyl halides is 4. The Morgan fingerprint density at radius 2 is 1.76 bits per heavy atom. The summed E-state index contributed by atoms with van der Waals surface area (Å²) in [6.07, 6.45) is -1.03. The molecule has 0 aliphatic carbocycles. The number of hydrogen-bond acceptors (Lipinski definition) is 2. The van der Waals surface area contributed by atoms with E-state index < -0.39 is 21.8 Å². The molecule has 120 valence electrons. The Labute approximate surface area is 131 Å². The maximum atomic E-state index is 12.6. The molecular formula is C13H17BrF3NO2S. The van der Waals surface area contributed by atoms with Gasteiger partial charge < -0.3 is 0 Å². The SMILES string of the molecule is O=S(=O)(NCCCCCCBr)c1cccc(C(F)(F)F)c1. The first-order valence-electron chi connectivity index (χ1n) is 6.50. The van der Waals surface area contributed by atoms with Gasteiger partial charge in [0.1, 0.15) is 0 Å². The monoisotopic (exact) mass is 387 g/mol. The molecule has 0 aromatic heterocycles. The third kappa shape index (κ3) is 6.36. The summed E-state index contributed by atoms with van der Waals surface area (Å²) in [6.45, 7) is 0.223. The predicted octanol–water partition coefficient (Wildman–Crippen LogP) is 3.94. The molecule has 0 heterocycles. The zero-order valence-electron chi connectivity index (χ0n) is 11.3. The van der Waals surface area contributed by atoms with Crippen LogP contribution in [0, 0.1) is 0 Å². The van der Waals surface area contributed by atoms with Crippen molar-refractivity contribution in [2.45, 2.75) is 36.8 Å². The molecule has 1 rings (SSSR count). The molecule has 0 saturated heterocycles. The van der Waals surface area contributed by atoms with Crippen LogP contribution in [-0.4, -0.2) is 20.3 Å². The standard InChI is InChI=1S/C13H17BrF3NO2S/c14-8-3-1-2-4-9-18-21(19,20)12-7-5-6-11(10-12)13(15,16)17/h5-7,10,18H,1-4,8-9H2. The zero-order valence-corrected chi connectivity index (χ0v) is 13.7. The van der Waals surface area contributed by atoms with Crippen molar-refractivity contribution in [1.29, 1.82) is 0 Å². The van der Waals surface area contributed by atoms with Crippen LogP contribution in [0.1, 0.15) is 31.2 Å². The molecule has 0 spiro atoms. The largest absolute Gasteiger partial charge is 0.416 e. The number of unbranched alkanes of at least 4 members (excludes halogenated alkanes) is 3. The first-order chi connectivity index (χ1) is 9.77. The van der Waals surface area contributed by atoms with Gasteiger partial charge in [-0.05, 0) is 31.0 Å². The summed E-state index contributed by atoms with van der Waals surface area (Å²) in [5.74, 6) is 0. The molecule has 0 radical (unpaired) electrons. The minimum absolute atomic E-state index is 0.223. The Morgan fingerprint density at radius 1 is 1.10 bits per heavy atom. The number of benzene rings is 1. The number of nitrogens with one attached hydrogen (secondary N) is 1. The zero-order chi connectivity index (χ0) is 15.9. The van der Waals surface area contributed by atoms with Crippen LogP contribution < -0.4 is 4.72 Å². The molecule has 8 heteroatoms. The number of hydrogen-bond donors (Lipinski definition) is 1. The summed E-state index contributed by atoms with van der Waals surface area (Å²) in [7, 11) is -3.90. The molecule has 0 atom stereocenters. The van der Waals surface area contributed by atoms with Crippen LogP contribution in [0.15, 0.2) is 29.2 Å². The predicted molar refractivity (Wildman–Crippen MR) is 78.9 cm³/mol. The second-order valence-electron chi connectivity index (χ2n) is 4.53. The number of rotatable bonds is 8. The smallest absolute Gasteiger partial charge is 0.211 e. The average molecular weight is 388 g/mol. The van der Waals surface area contributed by atoms with E-state index >= 15 is 0 Å². The van der Waals surface area contributed by atoms with Crippen molar-refractivity contribution in [2.24, 2.45) is 0 Å². The third-order valence-electron chi connectivity index (χ3n) is 2.82. The molecule has 0 fully saturated rings. The second kappa shape index (κ2) is 8.14. The molecule has 0 saturated carbocycles. The molecule has 3 nitrogen and oxygen atoms in total. The molecule has 1 aromatic rings. The fourth-order valence-corrected chi connectivity index (χ4v) is 3.22. The minimum Gasteiger partial charge on any atom is -0.211 e. The first kappa shape index (κ1) is 18.4. The molecule has 0 aliphatic heterocycles. The van der Waals surface area contributed by atoms with E-state index in [0.29, 0.717) is 12.5 Å². The average Bonchev–Trinajstić information content (AvgIpc) is 2.42. The number of halogens is 4. The lowest BCUT2D eigenvalue weighted by Gasteiger charge is -2.10. The van der Waals surface area contributed by atoms with Crippen LogP contribution >= 0.6 is 15.9 Å². The van der Waals surface area contributed by atoms with E-state index in [2.05, 4.69) is 20.7 Å². The van der Waals surface area contributed by atoms with Gasteiger partial charge in [0, 0.05) is 11.9 Å². The van der Waals surface area contributed by atoms with Crippen LogP contribution in [0.2, 0.25) is 0 Å². The van der Waals surface area contributed by atoms with E-state index in [4.69, 9.17) is 0 Å². The van der Waals surface area contributed by atoms with Crippen LogP contribution in [0.3, 0.4) is 0 Å². The molecular weight excluding hydrogens is 371 g/mol. The maximum Gasteiger partial charge on any atom is 0.416 e. The van der Waals surface area contributed by atoms with Gasteiger partial charge in [-0.15, -0.1) is 0 Å². The van der Waals surface area contributed by atoms with Crippen molar-refractivity contribution in [3.05, 3.63) is 29.8 Å².